The minimum atomic E-state index is -1.27. The maximum atomic E-state index is 14.7. The van der Waals surface area contributed by atoms with Gasteiger partial charge in [-0.25, -0.2) is 0 Å². The molecule has 8 nitrogen and oxygen atoms in total. The van der Waals surface area contributed by atoms with Crippen LogP contribution in [0.5, 0.6) is 0 Å². The molecule has 2 N–H and O–H groups in total. The summed E-state index contributed by atoms with van der Waals surface area (Å²) < 4.78 is 11.6. The zero-order chi connectivity index (χ0) is 34.7. The first kappa shape index (κ1) is 34.6. The van der Waals surface area contributed by atoms with E-state index in [0.717, 1.165) is 17.5 Å². The molecule has 0 unspecified atom stereocenters. The molecule has 2 saturated carbocycles. The molecule has 2 heterocycles. The van der Waals surface area contributed by atoms with Crippen molar-refractivity contribution in [2.24, 2.45) is 16.2 Å². The summed E-state index contributed by atoms with van der Waals surface area (Å²) in [6.07, 6.45) is 9.20. The van der Waals surface area contributed by atoms with Gasteiger partial charge in [0.15, 0.2) is 11.4 Å². The lowest BCUT2D eigenvalue weighted by atomic mass is 9.64. The standard InChI is InChI=1S/C40H53NO7/c1-7-21-41(34(44)40-20-19-38(6,35(45)48-40)36(40,3)4)25-39(46)18-16-31-29-15-13-27(24-30(29)33(43)32-11-9-22-47-32)23-28(42)14-12-26(2)10-8-17-37(31,39)5/h9-11,13,15,22,24,28,31,42,46H,7-8,12,14,16-21,23,25H2,1-6H3/t28-,31-,37-,38-,39+,40+/m0/s1. The zero-order valence-electron chi connectivity index (χ0n) is 29.6. The van der Waals surface area contributed by atoms with E-state index in [0.29, 0.717) is 69.9 Å². The molecule has 48 heavy (non-hydrogen) atoms. The van der Waals surface area contributed by atoms with E-state index in [9.17, 15) is 24.6 Å². The average Bonchev–Trinajstić information content (AvgIpc) is 3.75. The largest absolute Gasteiger partial charge is 0.461 e. The number of rotatable bonds is 7. The lowest BCUT2D eigenvalue weighted by Crippen LogP contribution is -2.60. The van der Waals surface area contributed by atoms with E-state index in [2.05, 4.69) is 19.9 Å². The van der Waals surface area contributed by atoms with Gasteiger partial charge in [0.1, 0.15) is 0 Å². The van der Waals surface area contributed by atoms with Gasteiger partial charge in [-0.3, -0.25) is 14.4 Å². The van der Waals surface area contributed by atoms with Crippen LogP contribution in [-0.4, -0.2) is 63.2 Å². The second kappa shape index (κ2) is 12.3. The number of furan rings is 1. The SMILES string of the molecule is CCCN(C[C@]1(O)CC[C@H]2c3ccc(cc3C(=O)c3ccco3)C[C@@H](O)CCC(C)=CCC[C@@]21C)C(=O)[C@@]12CC[C@@](C)(C(=O)O1)C2(C)C. The van der Waals surface area contributed by atoms with E-state index in [-0.39, 0.29) is 35.9 Å². The van der Waals surface area contributed by atoms with E-state index >= 15 is 0 Å². The van der Waals surface area contributed by atoms with Crippen molar-refractivity contribution in [2.75, 3.05) is 13.1 Å². The fourth-order valence-electron chi connectivity index (χ4n) is 9.55. The van der Waals surface area contributed by atoms with Gasteiger partial charge >= 0.3 is 5.97 Å². The number of hydrogen-bond donors (Lipinski definition) is 2. The van der Waals surface area contributed by atoms with Crippen LogP contribution >= 0.6 is 0 Å². The molecule has 0 radical (unpaired) electrons. The van der Waals surface area contributed by atoms with Gasteiger partial charge < -0.3 is 24.3 Å². The first-order chi connectivity index (χ1) is 22.6. The van der Waals surface area contributed by atoms with E-state index in [1.807, 2.05) is 45.9 Å². The molecule has 4 bridgehead atoms. The number of hydrogen-bond acceptors (Lipinski definition) is 7. The van der Waals surface area contributed by atoms with Crippen molar-refractivity contribution in [1.29, 1.82) is 0 Å². The quantitative estimate of drug-likeness (QED) is 0.189. The summed E-state index contributed by atoms with van der Waals surface area (Å²) in [4.78, 5) is 43.6. The molecule has 5 aliphatic rings. The number of carbonyl (C=O) groups is 3. The van der Waals surface area contributed by atoms with Crippen molar-refractivity contribution < 1.29 is 33.8 Å². The number of ether oxygens (including phenoxy) is 1. The number of carbonyl (C=O) groups excluding carboxylic acids is 3. The van der Waals surface area contributed by atoms with Gasteiger partial charge in [-0.05, 0) is 113 Å². The molecule has 4 aliphatic carbocycles. The Bertz CT molecular complexity index is 1610. The summed E-state index contributed by atoms with van der Waals surface area (Å²) in [5.41, 5.74) is -1.17. The van der Waals surface area contributed by atoms with Crippen LogP contribution in [0.4, 0.5) is 0 Å². The van der Waals surface area contributed by atoms with E-state index < -0.39 is 33.6 Å². The predicted octanol–water partition coefficient (Wildman–Crippen LogP) is 6.91. The average molecular weight is 660 g/mol. The Morgan fingerprint density at radius 3 is 2.46 bits per heavy atom. The Balaban J connectivity index is 1.42. The van der Waals surface area contributed by atoms with Crippen molar-refractivity contribution in [1.82, 2.24) is 4.90 Å². The molecule has 7 rings (SSSR count). The van der Waals surface area contributed by atoms with Gasteiger partial charge in [-0.15, -0.1) is 0 Å². The molecule has 260 valence electrons. The van der Waals surface area contributed by atoms with E-state index in [4.69, 9.17) is 9.15 Å². The lowest BCUT2D eigenvalue weighted by molar-refractivity contribution is -0.177. The van der Waals surface area contributed by atoms with Crippen molar-refractivity contribution in [2.45, 2.75) is 129 Å². The van der Waals surface area contributed by atoms with Crippen LogP contribution in [0, 0.1) is 16.2 Å². The molecule has 3 fully saturated rings. The predicted molar refractivity (Wildman–Crippen MR) is 182 cm³/mol. The summed E-state index contributed by atoms with van der Waals surface area (Å²) in [5.74, 6) is -0.673. The van der Waals surface area contributed by atoms with Crippen molar-refractivity contribution in [3.05, 3.63) is 70.7 Å². The van der Waals surface area contributed by atoms with Crippen LogP contribution < -0.4 is 0 Å². The Morgan fingerprint density at radius 2 is 1.81 bits per heavy atom. The number of amides is 1. The number of aliphatic hydroxyl groups excluding tert-OH is 1. The molecule has 8 heteroatoms. The molecular weight excluding hydrogens is 606 g/mol. The molecule has 1 saturated heterocycles. The Labute approximate surface area is 284 Å². The smallest absolute Gasteiger partial charge is 0.313 e. The number of ketones is 1. The normalized spacial score (nSPS) is 34.3. The summed E-state index contributed by atoms with van der Waals surface area (Å²) in [5, 5.41) is 23.8. The number of allylic oxidation sites excluding steroid dienone is 2. The number of nitrogens with zero attached hydrogens (tertiary/aromatic N) is 1. The second-order valence-corrected chi connectivity index (χ2v) is 16.2. The van der Waals surface area contributed by atoms with Gasteiger partial charge in [0, 0.05) is 22.9 Å². The van der Waals surface area contributed by atoms with Crippen molar-refractivity contribution in [3.8, 4) is 0 Å². The fourth-order valence-corrected chi connectivity index (χ4v) is 9.55. The lowest BCUT2D eigenvalue weighted by Gasteiger charge is -2.47. The highest BCUT2D eigenvalue weighted by Crippen LogP contribution is 2.66. The maximum absolute atomic E-state index is 14.7. The third-order valence-electron chi connectivity index (χ3n) is 13.3. The maximum Gasteiger partial charge on any atom is 0.313 e. The third-order valence-corrected chi connectivity index (χ3v) is 13.3. The van der Waals surface area contributed by atoms with Gasteiger partial charge in [-0.2, -0.15) is 0 Å². The Morgan fingerprint density at radius 1 is 1.04 bits per heavy atom. The monoisotopic (exact) mass is 659 g/mol. The van der Waals surface area contributed by atoms with Crippen molar-refractivity contribution >= 4 is 17.7 Å². The summed E-state index contributed by atoms with van der Waals surface area (Å²) in [6.45, 7) is 12.6. The number of esters is 1. The fraction of sp³-hybridized carbons (Fsp3) is 0.625. The number of fused-ring (bicyclic) bond motifs is 10. The minimum Gasteiger partial charge on any atom is -0.461 e. The van der Waals surface area contributed by atoms with Gasteiger partial charge in [0.25, 0.3) is 5.91 Å². The molecule has 2 aromatic rings. The number of benzene rings is 1. The van der Waals surface area contributed by atoms with E-state index in [1.165, 1.54) is 11.8 Å². The summed E-state index contributed by atoms with van der Waals surface area (Å²) >= 11 is 0. The molecule has 1 aromatic heterocycles. The minimum absolute atomic E-state index is 0.118. The van der Waals surface area contributed by atoms with Gasteiger partial charge in [0.05, 0.1) is 29.9 Å². The Hall–Kier alpha value is -3.23. The third kappa shape index (κ3) is 5.20. The zero-order valence-corrected chi connectivity index (χ0v) is 29.6. The molecular formula is C40H53NO7. The van der Waals surface area contributed by atoms with Gasteiger partial charge in [-0.1, -0.05) is 51.5 Å². The highest BCUT2D eigenvalue weighted by Gasteiger charge is 2.76. The van der Waals surface area contributed by atoms with Crippen LogP contribution in [0.25, 0.3) is 0 Å². The highest BCUT2D eigenvalue weighted by atomic mass is 16.6. The topological polar surface area (TPSA) is 117 Å². The van der Waals surface area contributed by atoms with Crippen LogP contribution in [0.3, 0.4) is 0 Å². The van der Waals surface area contributed by atoms with Gasteiger partial charge in [0.2, 0.25) is 5.78 Å². The summed E-state index contributed by atoms with van der Waals surface area (Å²) in [7, 11) is 0. The van der Waals surface area contributed by atoms with Crippen LogP contribution in [0.2, 0.25) is 0 Å². The number of aliphatic hydroxyl groups is 2. The first-order valence-corrected chi connectivity index (χ1v) is 17.9. The highest BCUT2D eigenvalue weighted by molar-refractivity contribution is 6.08. The first-order valence-electron chi connectivity index (χ1n) is 17.9. The second-order valence-electron chi connectivity index (χ2n) is 16.2. The molecule has 6 atom stereocenters. The van der Waals surface area contributed by atoms with Crippen molar-refractivity contribution in [3.63, 3.8) is 0 Å². The summed E-state index contributed by atoms with van der Waals surface area (Å²) in [6, 6.07) is 9.28. The van der Waals surface area contributed by atoms with Crippen LogP contribution in [0.1, 0.15) is 132 Å². The molecule has 1 amide bonds. The Kier molecular flexibility index (Phi) is 8.85. The molecule has 1 aliphatic heterocycles. The van der Waals surface area contributed by atoms with E-state index in [1.54, 1.807) is 17.0 Å². The van der Waals surface area contributed by atoms with Crippen LogP contribution in [0.15, 0.2) is 52.7 Å². The molecule has 1 aromatic carbocycles. The van der Waals surface area contributed by atoms with Crippen LogP contribution in [-0.2, 0) is 20.7 Å². The molecule has 0 spiro atoms.